The Kier molecular flexibility index (Phi) is 2.88. The van der Waals surface area contributed by atoms with Gasteiger partial charge in [-0.15, -0.1) is 5.10 Å². The van der Waals surface area contributed by atoms with Crippen LogP contribution in [0.3, 0.4) is 0 Å². The van der Waals surface area contributed by atoms with Gasteiger partial charge in [0.05, 0.1) is 0 Å². The number of anilines is 1. The molecule has 1 aromatic heterocycles. The average Bonchev–Trinajstić information content (AvgIpc) is 2.71. The molecule has 0 spiro atoms. The van der Waals surface area contributed by atoms with Gasteiger partial charge < -0.3 is 4.90 Å². The molecule has 1 fully saturated rings. The molecular formula is C9H15N3S2. The van der Waals surface area contributed by atoms with Crippen molar-refractivity contribution in [3.63, 3.8) is 0 Å². The highest BCUT2D eigenvalue weighted by Crippen LogP contribution is 2.32. The first-order valence-electron chi connectivity index (χ1n) is 5.04. The van der Waals surface area contributed by atoms with Crippen LogP contribution in [0, 0.1) is 9.87 Å². The summed E-state index contributed by atoms with van der Waals surface area (Å²) in [4.78, 5) is 2.39. The van der Waals surface area contributed by atoms with Gasteiger partial charge in [-0.05, 0) is 31.0 Å². The van der Waals surface area contributed by atoms with Crippen LogP contribution in [-0.4, -0.2) is 22.8 Å². The predicted molar refractivity (Wildman–Crippen MR) is 62.5 cm³/mol. The Bertz CT molecular complexity index is 357. The van der Waals surface area contributed by atoms with E-state index in [9.17, 15) is 0 Å². The number of H-pyrrole nitrogens is 1. The topological polar surface area (TPSA) is 31.9 Å². The molecule has 1 saturated heterocycles. The average molecular weight is 229 g/mol. The van der Waals surface area contributed by atoms with Crippen molar-refractivity contribution in [3.8, 4) is 0 Å². The Morgan fingerprint density at radius 1 is 1.71 bits per heavy atom. The van der Waals surface area contributed by atoms with Crippen LogP contribution >= 0.6 is 23.6 Å². The molecule has 3 nitrogen and oxygen atoms in total. The molecule has 0 bridgehead atoms. The Balaban J connectivity index is 2.22. The maximum Gasteiger partial charge on any atom is 0.207 e. The summed E-state index contributed by atoms with van der Waals surface area (Å²) < 4.78 is 0.773. The fourth-order valence-electron chi connectivity index (χ4n) is 2.21. The van der Waals surface area contributed by atoms with Gasteiger partial charge >= 0.3 is 0 Å². The molecule has 2 atom stereocenters. The third-order valence-electron chi connectivity index (χ3n) is 2.97. The number of hydrogen-bond acceptors (Lipinski definition) is 4. The Morgan fingerprint density at radius 2 is 2.50 bits per heavy atom. The van der Waals surface area contributed by atoms with Crippen LogP contribution in [0.15, 0.2) is 0 Å². The van der Waals surface area contributed by atoms with E-state index in [2.05, 4.69) is 28.9 Å². The molecule has 2 heterocycles. The first-order valence-corrected chi connectivity index (χ1v) is 6.27. The fraction of sp³-hybridized carbons (Fsp3) is 0.778. The van der Waals surface area contributed by atoms with Gasteiger partial charge in [-0.3, -0.25) is 5.10 Å². The Labute approximate surface area is 93.1 Å². The van der Waals surface area contributed by atoms with E-state index in [4.69, 9.17) is 12.2 Å². The van der Waals surface area contributed by atoms with Crippen molar-refractivity contribution in [1.29, 1.82) is 0 Å². The lowest BCUT2D eigenvalue weighted by Gasteiger charge is -2.24. The van der Waals surface area contributed by atoms with E-state index in [0.717, 1.165) is 21.5 Å². The van der Waals surface area contributed by atoms with Crippen LogP contribution < -0.4 is 4.90 Å². The number of rotatable bonds is 2. The van der Waals surface area contributed by atoms with Gasteiger partial charge in [0.25, 0.3) is 0 Å². The van der Waals surface area contributed by atoms with Crippen molar-refractivity contribution in [3.05, 3.63) is 3.95 Å². The van der Waals surface area contributed by atoms with Crippen LogP contribution in [0.5, 0.6) is 0 Å². The SMILES string of the molecule is CCC1C(C)CCN1c1n[nH]c(=S)s1. The molecule has 0 aliphatic carbocycles. The van der Waals surface area contributed by atoms with E-state index in [-0.39, 0.29) is 0 Å². The molecule has 0 radical (unpaired) electrons. The van der Waals surface area contributed by atoms with E-state index in [0.29, 0.717) is 6.04 Å². The van der Waals surface area contributed by atoms with Crippen molar-refractivity contribution in [1.82, 2.24) is 10.2 Å². The van der Waals surface area contributed by atoms with Crippen molar-refractivity contribution in [2.24, 2.45) is 5.92 Å². The highest BCUT2D eigenvalue weighted by atomic mass is 32.1. The first-order chi connectivity index (χ1) is 6.72. The maximum absolute atomic E-state index is 5.05. The molecule has 14 heavy (non-hydrogen) atoms. The Morgan fingerprint density at radius 3 is 3.07 bits per heavy atom. The maximum atomic E-state index is 5.05. The summed E-state index contributed by atoms with van der Waals surface area (Å²) in [6, 6.07) is 0.643. The van der Waals surface area contributed by atoms with E-state index in [1.54, 1.807) is 11.3 Å². The summed E-state index contributed by atoms with van der Waals surface area (Å²) in [7, 11) is 0. The molecule has 0 saturated carbocycles. The van der Waals surface area contributed by atoms with Gasteiger partial charge in [0, 0.05) is 12.6 Å². The van der Waals surface area contributed by atoms with Crippen molar-refractivity contribution >= 4 is 28.7 Å². The molecule has 1 aromatic rings. The lowest BCUT2D eigenvalue weighted by atomic mass is 10.0. The van der Waals surface area contributed by atoms with Gasteiger partial charge in [0.1, 0.15) is 0 Å². The lowest BCUT2D eigenvalue weighted by molar-refractivity contribution is 0.498. The van der Waals surface area contributed by atoms with Gasteiger partial charge in [-0.1, -0.05) is 25.2 Å². The fourth-order valence-corrected chi connectivity index (χ4v) is 3.17. The van der Waals surface area contributed by atoms with Crippen molar-refractivity contribution < 1.29 is 0 Å². The molecule has 2 unspecified atom stereocenters. The summed E-state index contributed by atoms with van der Waals surface area (Å²) in [5, 5.41) is 8.15. The van der Waals surface area contributed by atoms with Crippen molar-refractivity contribution in [2.45, 2.75) is 32.7 Å². The van der Waals surface area contributed by atoms with Crippen LogP contribution in [0.2, 0.25) is 0 Å². The third-order valence-corrected chi connectivity index (χ3v) is 4.10. The van der Waals surface area contributed by atoms with E-state index < -0.39 is 0 Å². The molecule has 0 amide bonds. The molecular weight excluding hydrogens is 214 g/mol. The smallest absolute Gasteiger partial charge is 0.207 e. The molecule has 5 heteroatoms. The van der Waals surface area contributed by atoms with Crippen LogP contribution in [0.1, 0.15) is 26.7 Å². The number of hydrogen-bond donors (Lipinski definition) is 1. The highest BCUT2D eigenvalue weighted by Gasteiger charge is 2.31. The second-order valence-electron chi connectivity index (χ2n) is 3.83. The normalized spacial score (nSPS) is 27.1. The van der Waals surface area contributed by atoms with E-state index in [1.165, 1.54) is 12.8 Å². The number of nitrogens with zero attached hydrogens (tertiary/aromatic N) is 2. The second-order valence-corrected chi connectivity index (χ2v) is 5.47. The minimum absolute atomic E-state index is 0.643. The first kappa shape index (κ1) is 10.1. The molecule has 0 aromatic carbocycles. The van der Waals surface area contributed by atoms with Gasteiger partial charge in [0.2, 0.25) is 5.13 Å². The molecule has 1 aliphatic rings. The van der Waals surface area contributed by atoms with Gasteiger partial charge in [-0.25, -0.2) is 0 Å². The zero-order valence-corrected chi connectivity index (χ0v) is 10.1. The van der Waals surface area contributed by atoms with Crippen LogP contribution in [0.25, 0.3) is 0 Å². The summed E-state index contributed by atoms with van der Waals surface area (Å²) in [6.07, 6.45) is 2.46. The van der Waals surface area contributed by atoms with Crippen molar-refractivity contribution in [2.75, 3.05) is 11.4 Å². The zero-order chi connectivity index (χ0) is 10.1. The van der Waals surface area contributed by atoms with Gasteiger partial charge in [0.15, 0.2) is 3.95 Å². The summed E-state index contributed by atoms with van der Waals surface area (Å²) in [5.74, 6) is 0.775. The van der Waals surface area contributed by atoms with Crippen LogP contribution in [-0.2, 0) is 0 Å². The monoisotopic (exact) mass is 229 g/mol. The predicted octanol–water partition coefficient (Wildman–Crippen LogP) is 2.83. The van der Waals surface area contributed by atoms with Crippen LogP contribution in [0.4, 0.5) is 5.13 Å². The highest BCUT2D eigenvalue weighted by molar-refractivity contribution is 7.73. The quantitative estimate of drug-likeness (QED) is 0.791. The minimum Gasteiger partial charge on any atom is -0.343 e. The Hall–Kier alpha value is -0.420. The largest absolute Gasteiger partial charge is 0.343 e. The molecule has 1 aliphatic heterocycles. The zero-order valence-electron chi connectivity index (χ0n) is 8.49. The summed E-state index contributed by atoms with van der Waals surface area (Å²) in [6.45, 7) is 5.68. The standard InChI is InChI=1S/C9H15N3S2/c1-3-7-6(2)4-5-12(7)8-10-11-9(13)14-8/h6-7H,3-5H2,1-2H3,(H,11,13). The summed E-state index contributed by atoms with van der Waals surface area (Å²) >= 11 is 6.63. The summed E-state index contributed by atoms with van der Waals surface area (Å²) in [5.41, 5.74) is 0. The number of aromatic nitrogens is 2. The number of nitrogens with one attached hydrogen (secondary N) is 1. The third kappa shape index (κ3) is 1.70. The lowest BCUT2D eigenvalue weighted by Crippen LogP contribution is -2.31. The molecule has 1 N–H and O–H groups in total. The van der Waals surface area contributed by atoms with E-state index in [1.807, 2.05) is 0 Å². The minimum atomic E-state index is 0.643. The van der Waals surface area contributed by atoms with Gasteiger partial charge in [-0.2, -0.15) is 0 Å². The van der Waals surface area contributed by atoms with E-state index >= 15 is 0 Å². The second kappa shape index (κ2) is 3.98. The molecule has 78 valence electrons. The number of aromatic amines is 1. The molecule has 2 rings (SSSR count).